The zero-order valence-electron chi connectivity index (χ0n) is 16.7. The number of aromatic hydroxyl groups is 3. The maximum Gasteiger partial charge on any atom is 0.229 e. The summed E-state index contributed by atoms with van der Waals surface area (Å²) in [5.41, 5.74) is -0.0906. The Morgan fingerprint density at radius 3 is 2.31 bits per heavy atom. The summed E-state index contributed by atoms with van der Waals surface area (Å²) in [5.74, 6) is -2.43. The van der Waals surface area contributed by atoms with Crippen molar-refractivity contribution < 1.29 is 54.8 Å². The molecule has 4 rings (SSSR count). The van der Waals surface area contributed by atoms with Crippen LogP contribution in [0.4, 0.5) is 0 Å². The fraction of sp³-hybridized carbons (Fsp3) is 0.381. The second-order valence-corrected chi connectivity index (χ2v) is 7.71. The quantitative estimate of drug-likeness (QED) is 0.325. The van der Waals surface area contributed by atoms with Gasteiger partial charge in [-0.25, -0.2) is 0 Å². The molecule has 2 aromatic rings. The first-order valence-corrected chi connectivity index (χ1v) is 9.72. The molecule has 7 N–H and O–H groups in total. The molecular formula is C21H22O11. The van der Waals surface area contributed by atoms with Crippen LogP contribution in [0.1, 0.15) is 28.9 Å². The van der Waals surface area contributed by atoms with Crippen molar-refractivity contribution in [3.63, 3.8) is 0 Å². The summed E-state index contributed by atoms with van der Waals surface area (Å²) in [6.07, 6.45) is -9.60. The summed E-state index contributed by atoms with van der Waals surface area (Å²) in [7, 11) is 0. The number of ether oxygens (including phenoxy) is 3. The number of benzene rings is 2. The van der Waals surface area contributed by atoms with Crippen molar-refractivity contribution >= 4 is 5.78 Å². The largest absolute Gasteiger partial charge is 0.508 e. The van der Waals surface area contributed by atoms with Crippen LogP contribution in [0.3, 0.4) is 0 Å². The second kappa shape index (κ2) is 8.11. The first-order valence-electron chi connectivity index (χ1n) is 9.72. The molecule has 2 unspecified atom stereocenters. The maximum absolute atomic E-state index is 12.5. The minimum atomic E-state index is -1.70. The zero-order chi connectivity index (χ0) is 23.3. The van der Waals surface area contributed by atoms with Crippen molar-refractivity contribution in [3.8, 4) is 28.7 Å². The summed E-state index contributed by atoms with van der Waals surface area (Å²) in [5, 5.41) is 70.0. The Kier molecular flexibility index (Phi) is 5.61. The van der Waals surface area contributed by atoms with E-state index >= 15 is 0 Å². The van der Waals surface area contributed by atoms with E-state index in [1.165, 1.54) is 19.1 Å². The minimum absolute atomic E-state index is 0.136. The van der Waals surface area contributed by atoms with Crippen LogP contribution in [0.2, 0.25) is 0 Å². The molecule has 0 aromatic heterocycles. The third-order valence-electron chi connectivity index (χ3n) is 5.48. The molecule has 2 aliphatic heterocycles. The molecule has 0 aliphatic carbocycles. The van der Waals surface area contributed by atoms with E-state index in [9.17, 15) is 40.5 Å². The molecule has 7 atom stereocenters. The Bertz CT molecular complexity index is 1040. The Morgan fingerprint density at radius 2 is 1.62 bits per heavy atom. The molecule has 11 nitrogen and oxygen atoms in total. The van der Waals surface area contributed by atoms with Gasteiger partial charge < -0.3 is 50.0 Å². The fourth-order valence-corrected chi connectivity index (χ4v) is 3.71. The fourth-order valence-electron chi connectivity index (χ4n) is 3.71. The van der Waals surface area contributed by atoms with Crippen molar-refractivity contribution in [2.24, 2.45) is 0 Å². The molecular weight excluding hydrogens is 428 g/mol. The van der Waals surface area contributed by atoms with E-state index in [1.54, 1.807) is 0 Å². The number of aliphatic hydroxyl groups excluding tert-OH is 4. The summed E-state index contributed by atoms with van der Waals surface area (Å²) in [4.78, 5) is 12.5. The average molecular weight is 450 g/mol. The number of hydrogen-bond acceptors (Lipinski definition) is 11. The second-order valence-electron chi connectivity index (χ2n) is 7.71. The number of phenols is 3. The van der Waals surface area contributed by atoms with Gasteiger partial charge in [-0.3, -0.25) is 4.79 Å². The standard InChI is InChI=1S/C21H22O11/c1-7-15(25)17(27)19(29)21(30-7)32-12-3-2-8(4-10(12)23)20-18(28)16(26)14-11(24)5-9(22)6-13(14)31-20/h2-7,15,17-25,27-29H,1H3/t7-,15-,17+,18?,19+,20?,21-/m0/s1. The molecule has 172 valence electrons. The van der Waals surface area contributed by atoms with Crippen molar-refractivity contribution in [3.05, 3.63) is 41.5 Å². The van der Waals surface area contributed by atoms with Gasteiger partial charge in [-0.05, 0) is 24.6 Å². The lowest BCUT2D eigenvalue weighted by molar-refractivity contribution is -0.268. The van der Waals surface area contributed by atoms with Crippen LogP contribution in [-0.2, 0) is 4.74 Å². The van der Waals surface area contributed by atoms with E-state index in [0.717, 1.165) is 18.2 Å². The van der Waals surface area contributed by atoms with Gasteiger partial charge in [0.25, 0.3) is 0 Å². The highest BCUT2D eigenvalue weighted by molar-refractivity contribution is 6.05. The maximum atomic E-state index is 12.5. The highest BCUT2D eigenvalue weighted by Gasteiger charge is 2.44. The lowest BCUT2D eigenvalue weighted by Gasteiger charge is -2.39. The molecule has 0 radical (unpaired) electrons. The normalized spacial score (nSPS) is 32.2. The Balaban J connectivity index is 1.58. The highest BCUT2D eigenvalue weighted by atomic mass is 16.7. The molecule has 0 spiro atoms. The number of rotatable bonds is 3. The molecule has 2 heterocycles. The third-order valence-corrected chi connectivity index (χ3v) is 5.48. The molecule has 32 heavy (non-hydrogen) atoms. The molecule has 0 amide bonds. The number of ketones is 1. The summed E-state index contributed by atoms with van der Waals surface area (Å²) < 4.78 is 16.4. The number of hydrogen-bond donors (Lipinski definition) is 7. The average Bonchev–Trinajstić information content (AvgIpc) is 2.73. The summed E-state index contributed by atoms with van der Waals surface area (Å²) in [6, 6.07) is 5.89. The predicted molar refractivity (Wildman–Crippen MR) is 105 cm³/mol. The topological polar surface area (TPSA) is 186 Å². The van der Waals surface area contributed by atoms with Gasteiger partial charge >= 0.3 is 0 Å². The first kappa shape index (κ1) is 22.1. The van der Waals surface area contributed by atoms with Gasteiger partial charge in [0.15, 0.2) is 23.7 Å². The lowest BCUT2D eigenvalue weighted by atomic mass is 9.92. The van der Waals surface area contributed by atoms with E-state index in [2.05, 4.69) is 0 Å². The van der Waals surface area contributed by atoms with Crippen LogP contribution in [-0.4, -0.2) is 78.3 Å². The van der Waals surface area contributed by atoms with E-state index < -0.39 is 60.2 Å². The number of fused-ring (bicyclic) bond motifs is 1. The van der Waals surface area contributed by atoms with Gasteiger partial charge in [-0.2, -0.15) is 0 Å². The van der Waals surface area contributed by atoms with Crippen LogP contribution in [0.25, 0.3) is 0 Å². The number of carbonyl (C=O) groups is 1. The molecule has 2 aliphatic rings. The summed E-state index contributed by atoms with van der Waals surface area (Å²) in [6.45, 7) is 1.48. The zero-order valence-corrected chi connectivity index (χ0v) is 16.7. The van der Waals surface area contributed by atoms with E-state index in [1.807, 2.05) is 0 Å². The van der Waals surface area contributed by atoms with Gasteiger partial charge in [0, 0.05) is 12.1 Å². The minimum Gasteiger partial charge on any atom is -0.508 e. The monoisotopic (exact) mass is 450 g/mol. The molecule has 0 saturated carbocycles. The van der Waals surface area contributed by atoms with Crippen molar-refractivity contribution in [1.82, 2.24) is 0 Å². The number of aliphatic hydroxyl groups is 4. The molecule has 1 saturated heterocycles. The third kappa shape index (κ3) is 3.70. The highest BCUT2D eigenvalue weighted by Crippen LogP contribution is 2.43. The Morgan fingerprint density at radius 1 is 0.906 bits per heavy atom. The van der Waals surface area contributed by atoms with Crippen LogP contribution < -0.4 is 9.47 Å². The molecule has 2 aromatic carbocycles. The SMILES string of the molecule is C[C@@H]1O[C@@H](Oc2ccc(C3Oc4cc(O)cc(O)c4C(=O)C3O)cc2O)[C@H](O)[C@H](O)[C@H]1O. The molecule has 0 bridgehead atoms. The van der Waals surface area contributed by atoms with Crippen molar-refractivity contribution in [1.29, 1.82) is 0 Å². The van der Waals surface area contributed by atoms with Gasteiger partial charge in [0.2, 0.25) is 12.1 Å². The Labute approximate surface area is 181 Å². The number of carbonyl (C=O) groups excluding carboxylic acids is 1. The molecule has 11 heteroatoms. The molecule has 1 fully saturated rings. The van der Waals surface area contributed by atoms with Gasteiger partial charge in [0.05, 0.1) is 6.10 Å². The lowest BCUT2D eigenvalue weighted by Crippen LogP contribution is -2.58. The summed E-state index contributed by atoms with van der Waals surface area (Å²) >= 11 is 0. The number of Topliss-reactive ketones (excluding diaryl/α,β-unsaturated/α-hetero) is 1. The van der Waals surface area contributed by atoms with Crippen LogP contribution >= 0.6 is 0 Å². The predicted octanol–water partition coefficient (Wildman–Crippen LogP) is -0.313. The van der Waals surface area contributed by atoms with Gasteiger partial charge in [-0.1, -0.05) is 6.07 Å². The van der Waals surface area contributed by atoms with Crippen molar-refractivity contribution in [2.75, 3.05) is 0 Å². The van der Waals surface area contributed by atoms with Crippen LogP contribution in [0.15, 0.2) is 30.3 Å². The smallest absolute Gasteiger partial charge is 0.229 e. The van der Waals surface area contributed by atoms with E-state index in [-0.39, 0.29) is 28.4 Å². The Hall–Kier alpha value is -3.09. The van der Waals surface area contributed by atoms with E-state index in [0.29, 0.717) is 0 Å². The first-order chi connectivity index (χ1) is 15.1. The van der Waals surface area contributed by atoms with Gasteiger partial charge in [-0.15, -0.1) is 0 Å². The van der Waals surface area contributed by atoms with Gasteiger partial charge in [0.1, 0.15) is 41.1 Å². The number of phenolic OH excluding ortho intramolecular Hbond substituents is 3. The van der Waals surface area contributed by atoms with E-state index in [4.69, 9.17) is 14.2 Å². The van der Waals surface area contributed by atoms with Crippen LogP contribution in [0.5, 0.6) is 28.7 Å². The van der Waals surface area contributed by atoms with Crippen LogP contribution in [0, 0.1) is 0 Å². The van der Waals surface area contributed by atoms with Crippen molar-refractivity contribution in [2.45, 2.75) is 49.8 Å².